The molecule has 2 atom stereocenters. The molecule has 0 radical (unpaired) electrons. The fourth-order valence-electron chi connectivity index (χ4n) is 5.22. The normalized spacial score (nSPS) is 20.2. The van der Waals surface area contributed by atoms with Gasteiger partial charge in [0, 0.05) is 36.8 Å². The number of piperidine rings is 1. The van der Waals surface area contributed by atoms with E-state index in [2.05, 4.69) is 10.3 Å². The van der Waals surface area contributed by atoms with Crippen LogP contribution in [0.3, 0.4) is 0 Å². The summed E-state index contributed by atoms with van der Waals surface area (Å²) in [5, 5.41) is 3.83. The van der Waals surface area contributed by atoms with Crippen molar-refractivity contribution < 1.29 is 13.6 Å². The molecule has 2 bridgehead atoms. The van der Waals surface area contributed by atoms with Crippen LogP contribution in [0.5, 0.6) is 0 Å². The fraction of sp³-hybridized carbons (Fsp3) is 0.440. The zero-order valence-electron chi connectivity index (χ0n) is 18.4. The maximum atomic E-state index is 14.8. The van der Waals surface area contributed by atoms with E-state index in [4.69, 9.17) is 0 Å². The summed E-state index contributed by atoms with van der Waals surface area (Å²) in [6, 6.07) is 6.54. The van der Waals surface area contributed by atoms with Crippen LogP contribution in [0.15, 0.2) is 24.3 Å². The Morgan fingerprint density at radius 2 is 1.91 bits per heavy atom. The number of carbonyl (C=O) groups excluding carboxylic acids is 1. The van der Waals surface area contributed by atoms with Crippen LogP contribution in [-0.2, 0) is 6.42 Å². The first-order valence-corrected chi connectivity index (χ1v) is 12.1. The Morgan fingerprint density at radius 1 is 1.16 bits per heavy atom. The number of pyridine rings is 1. The average molecular weight is 456 g/mol. The Morgan fingerprint density at radius 3 is 2.66 bits per heavy atom. The van der Waals surface area contributed by atoms with Crippen molar-refractivity contribution in [2.45, 2.75) is 39.5 Å². The minimum absolute atomic E-state index is 0.204. The van der Waals surface area contributed by atoms with Gasteiger partial charge in [0.1, 0.15) is 16.5 Å². The van der Waals surface area contributed by atoms with E-state index >= 15 is 0 Å². The molecule has 1 aliphatic heterocycles. The van der Waals surface area contributed by atoms with E-state index in [1.54, 1.807) is 0 Å². The predicted octanol–water partition coefficient (Wildman–Crippen LogP) is 5.40. The zero-order chi connectivity index (χ0) is 22.4. The number of hydrogen-bond acceptors (Lipinski definition) is 4. The second-order valence-electron chi connectivity index (χ2n) is 9.21. The number of aryl methyl sites for hydroxylation is 2. The van der Waals surface area contributed by atoms with Crippen molar-refractivity contribution in [1.29, 1.82) is 0 Å². The number of aromatic nitrogens is 1. The number of carbonyl (C=O) groups is 1. The van der Waals surface area contributed by atoms with Crippen molar-refractivity contribution in [3.05, 3.63) is 57.6 Å². The van der Waals surface area contributed by atoms with E-state index in [1.807, 2.05) is 30.9 Å². The lowest BCUT2D eigenvalue weighted by Gasteiger charge is -2.34. The highest BCUT2D eigenvalue weighted by atomic mass is 32.1. The topological polar surface area (TPSA) is 45.2 Å². The summed E-state index contributed by atoms with van der Waals surface area (Å²) in [7, 11) is 0. The molecule has 2 unspecified atom stereocenters. The molecular weight excluding hydrogens is 428 g/mol. The largest absolute Gasteiger partial charge is 0.369 e. The van der Waals surface area contributed by atoms with Crippen LogP contribution in [0.1, 0.15) is 45.8 Å². The van der Waals surface area contributed by atoms with Crippen LogP contribution in [0, 0.1) is 37.3 Å². The molecule has 3 heterocycles. The molecule has 1 aromatic carbocycles. The first kappa shape index (κ1) is 21.3. The van der Waals surface area contributed by atoms with Crippen molar-refractivity contribution >= 4 is 33.1 Å². The number of hydrogen-bond donors (Lipinski definition) is 1. The van der Waals surface area contributed by atoms with Crippen molar-refractivity contribution in [3.63, 3.8) is 0 Å². The monoisotopic (exact) mass is 455 g/mol. The fourth-order valence-corrected chi connectivity index (χ4v) is 6.36. The molecule has 1 amide bonds. The van der Waals surface area contributed by atoms with Gasteiger partial charge in [-0.1, -0.05) is 0 Å². The molecule has 4 nitrogen and oxygen atoms in total. The third-order valence-corrected chi connectivity index (χ3v) is 8.09. The van der Waals surface area contributed by atoms with Crippen LogP contribution in [0.2, 0.25) is 0 Å². The second-order valence-corrected chi connectivity index (χ2v) is 10.2. The van der Waals surface area contributed by atoms with Crippen molar-refractivity contribution in [3.8, 4) is 0 Å². The van der Waals surface area contributed by atoms with Crippen molar-refractivity contribution in [2.24, 2.45) is 11.8 Å². The smallest absolute Gasteiger partial charge is 0.261 e. The molecule has 1 saturated heterocycles. The molecule has 1 aliphatic carbocycles. The van der Waals surface area contributed by atoms with Gasteiger partial charge in [0.25, 0.3) is 5.91 Å². The third kappa shape index (κ3) is 3.98. The van der Waals surface area contributed by atoms with Gasteiger partial charge in [-0.05, 0) is 80.7 Å². The summed E-state index contributed by atoms with van der Waals surface area (Å²) in [6.45, 7) is 5.69. The summed E-state index contributed by atoms with van der Waals surface area (Å²) in [4.78, 5) is 20.6. The number of nitrogens with one attached hydrogen (secondary N) is 1. The molecule has 2 aromatic heterocycles. The molecular formula is C25H27F2N3OS. The number of benzene rings is 1. The van der Waals surface area contributed by atoms with Gasteiger partial charge >= 0.3 is 0 Å². The zero-order valence-corrected chi connectivity index (χ0v) is 19.2. The Bertz CT molecular complexity index is 1180. The summed E-state index contributed by atoms with van der Waals surface area (Å²) >= 11 is 1.36. The molecule has 0 spiro atoms. The van der Waals surface area contributed by atoms with Crippen molar-refractivity contribution in [1.82, 2.24) is 10.3 Å². The van der Waals surface area contributed by atoms with Gasteiger partial charge in [-0.25, -0.2) is 13.8 Å². The maximum absolute atomic E-state index is 14.8. The van der Waals surface area contributed by atoms with E-state index in [-0.39, 0.29) is 30.3 Å². The minimum atomic E-state index is -0.411. The van der Waals surface area contributed by atoms with E-state index < -0.39 is 5.82 Å². The van der Waals surface area contributed by atoms with E-state index in [0.29, 0.717) is 22.4 Å². The number of halogens is 2. The van der Waals surface area contributed by atoms with E-state index in [1.165, 1.54) is 42.7 Å². The number of thiophene rings is 1. The Balaban J connectivity index is 1.25. The lowest BCUT2D eigenvalue weighted by Crippen LogP contribution is -2.37. The Hall–Kier alpha value is -2.54. The highest BCUT2D eigenvalue weighted by Gasteiger charge is 2.34. The first-order chi connectivity index (χ1) is 15.4. The lowest BCUT2D eigenvalue weighted by atomic mass is 9.98. The van der Waals surface area contributed by atoms with Crippen molar-refractivity contribution in [2.75, 3.05) is 24.5 Å². The number of fused-ring (bicyclic) bond motifs is 3. The van der Waals surface area contributed by atoms with Gasteiger partial charge in [0.15, 0.2) is 0 Å². The minimum Gasteiger partial charge on any atom is -0.369 e. The van der Waals surface area contributed by atoms with Gasteiger partial charge in [-0.3, -0.25) is 4.79 Å². The molecule has 7 heteroatoms. The number of amides is 1. The number of nitrogens with zero attached hydrogens (tertiary/aromatic N) is 2. The summed E-state index contributed by atoms with van der Waals surface area (Å²) in [6.07, 6.45) is 3.84. The average Bonchev–Trinajstić information content (AvgIpc) is 3.27. The summed E-state index contributed by atoms with van der Waals surface area (Å²) < 4.78 is 29.6. The van der Waals surface area contributed by atoms with Crippen LogP contribution in [0.25, 0.3) is 10.2 Å². The molecule has 3 aromatic rings. The Labute approximate surface area is 190 Å². The molecule has 1 N–H and O–H groups in total. The molecule has 32 heavy (non-hydrogen) atoms. The third-order valence-electron chi connectivity index (χ3n) is 6.89. The van der Waals surface area contributed by atoms with Gasteiger partial charge in [-0.2, -0.15) is 0 Å². The SMILES string of the molecule is Cc1ccc2c(C)c(C(=O)NCCc3cc(F)c(N4CC5CCC(C5)C4)cc3F)sc2n1. The van der Waals surface area contributed by atoms with Gasteiger partial charge in [0.05, 0.1) is 10.6 Å². The van der Waals surface area contributed by atoms with Gasteiger partial charge in [-0.15, -0.1) is 11.3 Å². The van der Waals surface area contributed by atoms with E-state index in [0.717, 1.165) is 34.6 Å². The maximum Gasteiger partial charge on any atom is 0.261 e. The van der Waals surface area contributed by atoms with Crippen LogP contribution < -0.4 is 10.2 Å². The summed E-state index contributed by atoms with van der Waals surface area (Å²) in [5.41, 5.74) is 2.46. The second kappa shape index (κ2) is 8.43. The Kier molecular flexibility index (Phi) is 5.61. The molecule has 168 valence electrons. The molecule has 2 fully saturated rings. The van der Waals surface area contributed by atoms with Gasteiger partial charge in [0.2, 0.25) is 0 Å². The predicted molar refractivity (Wildman–Crippen MR) is 125 cm³/mol. The van der Waals surface area contributed by atoms with Crippen LogP contribution in [-0.4, -0.2) is 30.5 Å². The highest BCUT2D eigenvalue weighted by molar-refractivity contribution is 7.20. The first-order valence-electron chi connectivity index (χ1n) is 11.3. The number of anilines is 1. The molecule has 5 rings (SSSR count). The lowest BCUT2D eigenvalue weighted by molar-refractivity contribution is 0.0957. The highest BCUT2D eigenvalue weighted by Crippen LogP contribution is 2.39. The standard InChI is InChI=1S/C25H27F2N3OS/c1-14-3-6-19-15(2)23(32-25(19)29-14)24(31)28-8-7-18-10-21(27)22(11-20(18)26)30-12-16-4-5-17(9-16)13-30/h3,6,10-11,16-17H,4-5,7-9,12-13H2,1-2H3,(H,28,31). The molecule has 2 aliphatic rings. The van der Waals surface area contributed by atoms with E-state index in [9.17, 15) is 13.6 Å². The summed E-state index contributed by atoms with van der Waals surface area (Å²) in [5.74, 6) is 0.205. The number of rotatable bonds is 5. The molecule has 1 saturated carbocycles. The van der Waals surface area contributed by atoms with Gasteiger partial charge < -0.3 is 10.2 Å². The quantitative estimate of drug-likeness (QED) is 0.560. The van der Waals surface area contributed by atoms with Crippen LogP contribution in [0.4, 0.5) is 14.5 Å². The van der Waals surface area contributed by atoms with Crippen LogP contribution >= 0.6 is 11.3 Å².